The molecule has 1 aromatic carbocycles. The van der Waals surface area contributed by atoms with Crippen LogP contribution in [-0.2, 0) is 10.0 Å². The second-order valence-electron chi connectivity index (χ2n) is 3.81. The molecule has 1 heterocycles. The largest absolute Gasteiger partial charge is 0.448 e. The van der Waals surface area contributed by atoms with Crippen LogP contribution in [0.4, 0.5) is 0 Å². The van der Waals surface area contributed by atoms with Gasteiger partial charge in [-0.1, -0.05) is 17.7 Å². The van der Waals surface area contributed by atoms with E-state index < -0.39 is 10.0 Å². The fraction of sp³-hybridized carbons (Fsp3) is 0.0833. The minimum atomic E-state index is -3.64. The van der Waals surface area contributed by atoms with Gasteiger partial charge in [-0.05, 0) is 47.1 Å². The average Bonchev–Trinajstić information content (AvgIpc) is 2.75. The molecule has 0 aliphatic heterocycles. The van der Waals surface area contributed by atoms with Crippen LogP contribution in [0.2, 0.25) is 0 Å². The minimum Gasteiger partial charge on any atom is -0.448 e. The lowest BCUT2D eigenvalue weighted by atomic mass is 10.2. The van der Waals surface area contributed by atoms with Gasteiger partial charge in [0.1, 0.15) is 5.76 Å². The van der Waals surface area contributed by atoms with Crippen LogP contribution in [-0.4, -0.2) is 14.6 Å². The molecule has 0 radical (unpaired) electrons. The van der Waals surface area contributed by atoms with E-state index >= 15 is 0 Å². The minimum absolute atomic E-state index is 0.163. The van der Waals surface area contributed by atoms with Crippen molar-refractivity contribution in [1.29, 1.82) is 0 Å². The first kappa shape index (κ1) is 13.8. The van der Waals surface area contributed by atoms with Gasteiger partial charge in [-0.3, -0.25) is 0 Å². The van der Waals surface area contributed by atoms with Crippen molar-refractivity contribution in [3.63, 3.8) is 0 Å². The summed E-state index contributed by atoms with van der Waals surface area (Å²) in [4.78, 5) is 2.28. The molecule has 19 heavy (non-hydrogen) atoms. The third-order valence-corrected chi connectivity index (χ3v) is 3.95. The zero-order chi connectivity index (χ0) is 13.9. The maximum atomic E-state index is 11.9. The zero-order valence-electron chi connectivity index (χ0n) is 10.00. The number of nitrogens with one attached hydrogen (secondary N) is 1. The number of nitrogens with zero attached hydrogens (tertiary/aromatic N) is 1. The molecule has 0 saturated carbocycles. The zero-order valence-corrected chi connectivity index (χ0v) is 12.4. The summed E-state index contributed by atoms with van der Waals surface area (Å²) in [7, 11) is -3.64. The summed E-state index contributed by atoms with van der Waals surface area (Å²) in [5.41, 5.74) is 0.989. The predicted molar refractivity (Wildman–Crippen MR) is 75.5 cm³/mol. The highest BCUT2D eigenvalue weighted by atomic mass is 79.9. The Kier molecular flexibility index (Phi) is 4.06. The number of rotatable bonds is 4. The Morgan fingerprint density at radius 1 is 1.21 bits per heavy atom. The molecule has 0 saturated heterocycles. The molecule has 2 rings (SSSR count). The summed E-state index contributed by atoms with van der Waals surface area (Å²) < 4.78 is 29.5. The quantitative estimate of drug-likeness (QED) is 0.685. The summed E-state index contributed by atoms with van der Waals surface area (Å²) in [6, 6.07) is 9.85. The molecule has 2 aromatic rings. The van der Waals surface area contributed by atoms with Gasteiger partial charge < -0.3 is 4.42 Å². The molecule has 7 heteroatoms. The van der Waals surface area contributed by atoms with Crippen LogP contribution in [0.25, 0.3) is 0 Å². The van der Waals surface area contributed by atoms with Crippen LogP contribution in [0.1, 0.15) is 11.3 Å². The molecule has 0 aliphatic carbocycles. The normalized spacial score (nSPS) is 11.9. The number of aryl methyl sites for hydroxylation is 1. The van der Waals surface area contributed by atoms with Crippen LogP contribution in [0.3, 0.4) is 0 Å². The summed E-state index contributed by atoms with van der Waals surface area (Å²) in [6.07, 6.45) is 1.29. The van der Waals surface area contributed by atoms with Gasteiger partial charge >= 0.3 is 0 Å². The van der Waals surface area contributed by atoms with E-state index in [-0.39, 0.29) is 4.90 Å². The standard InChI is InChI=1S/C12H11BrN2O3S/c1-9-2-5-11(6-3-9)19(16,17)15-14-8-10-4-7-12(13)18-10/h2-8,15H,1H3/b14-8-. The fourth-order valence-corrected chi connectivity index (χ4v) is 2.44. The predicted octanol–water partition coefficient (Wildman–Crippen LogP) is 2.66. The van der Waals surface area contributed by atoms with Gasteiger partial charge in [-0.2, -0.15) is 18.4 Å². The lowest BCUT2D eigenvalue weighted by Gasteiger charge is -2.02. The maximum absolute atomic E-state index is 11.9. The lowest BCUT2D eigenvalue weighted by Crippen LogP contribution is -2.18. The highest BCUT2D eigenvalue weighted by Crippen LogP contribution is 2.12. The van der Waals surface area contributed by atoms with Gasteiger partial charge in [0.25, 0.3) is 10.0 Å². The monoisotopic (exact) mass is 342 g/mol. The summed E-state index contributed by atoms with van der Waals surface area (Å²) in [5, 5.41) is 3.65. The van der Waals surface area contributed by atoms with E-state index in [1.54, 1.807) is 24.3 Å². The van der Waals surface area contributed by atoms with E-state index in [1.807, 2.05) is 6.92 Å². The van der Waals surface area contributed by atoms with Crippen molar-refractivity contribution < 1.29 is 12.8 Å². The number of benzene rings is 1. The number of hydrogen-bond acceptors (Lipinski definition) is 4. The van der Waals surface area contributed by atoms with Crippen molar-refractivity contribution in [3.8, 4) is 0 Å². The van der Waals surface area contributed by atoms with Gasteiger partial charge in [0.2, 0.25) is 0 Å². The van der Waals surface area contributed by atoms with Gasteiger partial charge in [0, 0.05) is 0 Å². The third kappa shape index (κ3) is 3.68. The Hall–Kier alpha value is -1.60. The topological polar surface area (TPSA) is 71.7 Å². The van der Waals surface area contributed by atoms with E-state index in [0.29, 0.717) is 10.4 Å². The van der Waals surface area contributed by atoms with Crippen molar-refractivity contribution in [2.24, 2.45) is 5.10 Å². The van der Waals surface area contributed by atoms with Crippen LogP contribution in [0.15, 0.2) is 55.5 Å². The van der Waals surface area contributed by atoms with E-state index in [9.17, 15) is 8.42 Å². The van der Waals surface area contributed by atoms with Crippen molar-refractivity contribution in [2.45, 2.75) is 11.8 Å². The van der Waals surface area contributed by atoms with Gasteiger partial charge in [-0.25, -0.2) is 0 Å². The first-order valence-corrected chi connectivity index (χ1v) is 7.62. The Balaban J connectivity index is 2.09. The SMILES string of the molecule is Cc1ccc(S(=O)(=O)N/N=C\c2ccc(Br)o2)cc1. The van der Waals surface area contributed by atoms with Gasteiger partial charge in [-0.15, -0.1) is 0 Å². The van der Waals surface area contributed by atoms with Crippen LogP contribution >= 0.6 is 15.9 Å². The molecule has 0 unspecified atom stereocenters. The Bertz CT molecular complexity index is 690. The molecular formula is C12H11BrN2O3S. The molecule has 0 amide bonds. The first-order chi connectivity index (χ1) is 8.97. The molecule has 1 N–H and O–H groups in total. The fourth-order valence-electron chi connectivity index (χ4n) is 1.33. The Labute approximate surface area is 119 Å². The molecule has 0 atom stereocenters. The van der Waals surface area contributed by atoms with E-state index in [4.69, 9.17) is 4.42 Å². The first-order valence-electron chi connectivity index (χ1n) is 5.34. The molecule has 100 valence electrons. The maximum Gasteiger partial charge on any atom is 0.276 e. The van der Waals surface area contributed by atoms with Crippen molar-refractivity contribution in [1.82, 2.24) is 4.83 Å². The van der Waals surface area contributed by atoms with Crippen molar-refractivity contribution in [3.05, 3.63) is 52.4 Å². The van der Waals surface area contributed by atoms with E-state index in [0.717, 1.165) is 5.56 Å². The molecule has 5 nitrogen and oxygen atoms in total. The van der Waals surface area contributed by atoms with Crippen LogP contribution in [0.5, 0.6) is 0 Å². The van der Waals surface area contributed by atoms with E-state index in [2.05, 4.69) is 25.9 Å². The number of hydrogen-bond donors (Lipinski definition) is 1. The van der Waals surface area contributed by atoms with Gasteiger partial charge in [0.05, 0.1) is 11.1 Å². The molecule has 0 fully saturated rings. The second kappa shape index (κ2) is 5.58. The highest BCUT2D eigenvalue weighted by molar-refractivity contribution is 9.10. The number of furan rings is 1. The summed E-state index contributed by atoms with van der Waals surface area (Å²) in [6.45, 7) is 1.89. The molecule has 0 spiro atoms. The molecular weight excluding hydrogens is 332 g/mol. The van der Waals surface area contributed by atoms with Crippen LogP contribution < -0.4 is 4.83 Å². The van der Waals surface area contributed by atoms with Crippen LogP contribution in [0, 0.1) is 6.92 Å². The van der Waals surface area contributed by atoms with Crippen molar-refractivity contribution in [2.75, 3.05) is 0 Å². The molecule has 0 bridgehead atoms. The average molecular weight is 343 g/mol. The molecule has 1 aromatic heterocycles. The number of halogens is 1. The second-order valence-corrected chi connectivity index (χ2v) is 6.25. The van der Waals surface area contributed by atoms with Gasteiger partial charge in [0.15, 0.2) is 4.67 Å². The Morgan fingerprint density at radius 3 is 2.47 bits per heavy atom. The molecule has 0 aliphatic rings. The smallest absolute Gasteiger partial charge is 0.276 e. The Morgan fingerprint density at radius 2 is 1.89 bits per heavy atom. The highest BCUT2D eigenvalue weighted by Gasteiger charge is 2.11. The lowest BCUT2D eigenvalue weighted by molar-refractivity contribution is 0.534. The van der Waals surface area contributed by atoms with Crippen molar-refractivity contribution >= 4 is 32.2 Å². The number of hydrazone groups is 1. The third-order valence-electron chi connectivity index (χ3n) is 2.29. The summed E-state index contributed by atoms with van der Waals surface area (Å²) in [5.74, 6) is 0.443. The summed E-state index contributed by atoms with van der Waals surface area (Å²) >= 11 is 3.14. The number of sulfonamides is 1. The van der Waals surface area contributed by atoms with E-state index in [1.165, 1.54) is 18.3 Å².